The number of likely N-dealkylation sites (N-methyl/N-ethyl adjacent to an activating group) is 1. The Hall–Kier alpha value is -3.05. The van der Waals surface area contributed by atoms with E-state index >= 15 is 0 Å². The molecule has 3 fully saturated rings. The molecule has 2 amide bonds. The van der Waals surface area contributed by atoms with Crippen LogP contribution in [0.3, 0.4) is 0 Å². The van der Waals surface area contributed by atoms with Gasteiger partial charge in [-0.2, -0.15) is 5.10 Å². The lowest BCUT2D eigenvalue weighted by Gasteiger charge is -2.50. The number of piperazine rings is 2. The summed E-state index contributed by atoms with van der Waals surface area (Å²) >= 11 is 0. The third-order valence-corrected chi connectivity index (χ3v) is 8.41. The highest BCUT2D eigenvalue weighted by molar-refractivity contribution is 6.37. The molecule has 11 heteroatoms. The molecule has 3 aliphatic rings. The van der Waals surface area contributed by atoms with Crippen LogP contribution in [0.1, 0.15) is 58.9 Å². The third-order valence-electron chi connectivity index (χ3n) is 8.41. The van der Waals surface area contributed by atoms with E-state index in [9.17, 15) is 23.5 Å². The Bertz CT molecular complexity index is 1140. The predicted molar refractivity (Wildman–Crippen MR) is 151 cm³/mol. The minimum absolute atomic E-state index is 0.0417. The lowest BCUT2D eigenvalue weighted by molar-refractivity contribution is -0.150. The van der Waals surface area contributed by atoms with E-state index in [2.05, 4.69) is 17.0 Å². The molecule has 1 aliphatic carbocycles. The highest BCUT2D eigenvalue weighted by Gasteiger charge is 2.48. The number of carbonyl (C=O) groups is 2. The number of hydrogen-bond acceptors (Lipinski definition) is 7. The van der Waals surface area contributed by atoms with Crippen molar-refractivity contribution in [3.05, 3.63) is 42.1 Å². The van der Waals surface area contributed by atoms with Gasteiger partial charge < -0.3 is 19.8 Å². The highest BCUT2D eigenvalue weighted by atomic mass is 19.3. The fraction of sp³-hybridized carbons (Fsp3) is 0.621. The second-order valence-electron chi connectivity index (χ2n) is 11.4. The molecule has 9 nitrogen and oxygen atoms in total. The van der Waals surface area contributed by atoms with Gasteiger partial charge in [-0.15, -0.1) is 0 Å². The molecule has 2 heterocycles. The number of amides is 2. The van der Waals surface area contributed by atoms with Crippen molar-refractivity contribution in [3.8, 4) is 0 Å². The second-order valence-corrected chi connectivity index (χ2v) is 11.4. The lowest BCUT2D eigenvalue weighted by atomic mass is 9.92. The molecule has 0 aromatic heterocycles. The Labute approximate surface area is 235 Å². The number of halogens is 2. The van der Waals surface area contributed by atoms with Crippen LogP contribution in [-0.4, -0.2) is 94.5 Å². The first-order valence-electron chi connectivity index (χ1n) is 14.2. The molecule has 220 valence electrons. The van der Waals surface area contributed by atoms with E-state index in [4.69, 9.17) is 0 Å². The Morgan fingerprint density at radius 1 is 1.25 bits per heavy atom. The Kier molecular flexibility index (Phi) is 8.84. The SMILES string of the molecule is C=C1C(=O)N(CC)C(C)(C(O)NC2CCCC2)CN1/N=C(\C)C(=O)N1CCN(c2cccc(C(C)(F)F)c2)CC1. The molecule has 2 saturated heterocycles. The molecule has 4 rings (SSSR count). The maximum absolute atomic E-state index is 13.8. The van der Waals surface area contributed by atoms with E-state index in [1.165, 1.54) is 17.1 Å². The van der Waals surface area contributed by atoms with Crippen molar-refractivity contribution < 1.29 is 23.5 Å². The first kappa shape index (κ1) is 29.9. The number of rotatable bonds is 8. The average molecular weight is 561 g/mol. The van der Waals surface area contributed by atoms with Gasteiger partial charge in [0.25, 0.3) is 17.7 Å². The van der Waals surface area contributed by atoms with Gasteiger partial charge in [0.15, 0.2) is 0 Å². The van der Waals surface area contributed by atoms with Crippen LogP contribution in [-0.2, 0) is 15.5 Å². The van der Waals surface area contributed by atoms with Gasteiger partial charge in [0.1, 0.15) is 17.6 Å². The standard InChI is InChI=1S/C29H42F2N6O3/c1-6-36-26(39)21(3)37(19-28(36,4)27(40)32-23-11-7-8-12-23)33-20(2)25(38)35-16-14-34(15-17-35)24-13-9-10-22(18-24)29(5,30)31/h9-10,13,18,23,27,32,40H,3,6-8,11-12,14-17,19H2,1-2,4-5H3/b33-20+. The fourth-order valence-corrected chi connectivity index (χ4v) is 5.91. The zero-order valence-corrected chi connectivity index (χ0v) is 24.0. The summed E-state index contributed by atoms with van der Waals surface area (Å²) in [5.41, 5.74) is 0.0412. The van der Waals surface area contributed by atoms with Crippen molar-refractivity contribution in [1.82, 2.24) is 20.1 Å². The molecule has 2 atom stereocenters. The number of alkyl halides is 2. The number of hydrazone groups is 1. The van der Waals surface area contributed by atoms with Crippen LogP contribution >= 0.6 is 0 Å². The summed E-state index contributed by atoms with van der Waals surface area (Å²) in [6, 6.07) is 6.53. The molecule has 0 spiro atoms. The summed E-state index contributed by atoms with van der Waals surface area (Å²) < 4.78 is 27.6. The van der Waals surface area contributed by atoms with Crippen LogP contribution in [0, 0.1) is 0 Å². The summed E-state index contributed by atoms with van der Waals surface area (Å²) in [5.74, 6) is -3.52. The van der Waals surface area contributed by atoms with E-state index in [0.717, 1.165) is 32.6 Å². The zero-order chi connectivity index (χ0) is 29.2. The van der Waals surface area contributed by atoms with Crippen molar-refractivity contribution in [3.63, 3.8) is 0 Å². The van der Waals surface area contributed by atoms with Crippen LogP contribution in [0.4, 0.5) is 14.5 Å². The molecule has 0 bridgehead atoms. The largest absolute Gasteiger partial charge is 0.376 e. The van der Waals surface area contributed by atoms with Crippen molar-refractivity contribution in [1.29, 1.82) is 0 Å². The van der Waals surface area contributed by atoms with E-state index in [1.807, 2.05) is 18.7 Å². The Balaban J connectivity index is 1.43. The minimum Gasteiger partial charge on any atom is -0.376 e. The van der Waals surface area contributed by atoms with Gasteiger partial charge >= 0.3 is 0 Å². The van der Waals surface area contributed by atoms with Crippen molar-refractivity contribution in [2.24, 2.45) is 5.10 Å². The summed E-state index contributed by atoms with van der Waals surface area (Å²) in [5, 5.41) is 20.5. The van der Waals surface area contributed by atoms with Crippen molar-refractivity contribution in [2.75, 3.05) is 44.2 Å². The molecule has 1 aromatic rings. The van der Waals surface area contributed by atoms with E-state index in [0.29, 0.717) is 38.4 Å². The van der Waals surface area contributed by atoms with Gasteiger partial charge in [0, 0.05) is 56.9 Å². The maximum Gasteiger partial charge on any atom is 0.272 e. The number of hydrogen-bond donors (Lipinski definition) is 2. The van der Waals surface area contributed by atoms with Gasteiger partial charge in [-0.3, -0.25) is 19.9 Å². The molecule has 1 aromatic carbocycles. The number of nitrogens with one attached hydrogen (secondary N) is 1. The predicted octanol–water partition coefficient (Wildman–Crippen LogP) is 3.11. The Morgan fingerprint density at radius 3 is 2.50 bits per heavy atom. The molecular weight excluding hydrogens is 518 g/mol. The number of aliphatic hydroxyl groups is 1. The van der Waals surface area contributed by atoms with Crippen molar-refractivity contribution in [2.45, 2.75) is 77.1 Å². The van der Waals surface area contributed by atoms with Gasteiger partial charge in [-0.25, -0.2) is 8.78 Å². The Morgan fingerprint density at radius 2 is 1.90 bits per heavy atom. The van der Waals surface area contributed by atoms with Crippen LogP contribution in [0.2, 0.25) is 0 Å². The fourth-order valence-electron chi connectivity index (χ4n) is 5.91. The number of aliphatic hydroxyl groups excluding tert-OH is 1. The quantitative estimate of drug-likeness (QED) is 0.289. The maximum atomic E-state index is 13.8. The van der Waals surface area contributed by atoms with Gasteiger partial charge in [0.2, 0.25) is 0 Å². The lowest BCUT2D eigenvalue weighted by Crippen LogP contribution is -2.69. The molecule has 2 aliphatic heterocycles. The number of anilines is 1. The van der Waals surface area contributed by atoms with Crippen LogP contribution in [0.5, 0.6) is 0 Å². The number of nitrogens with zero attached hydrogens (tertiary/aromatic N) is 5. The minimum atomic E-state index is -2.92. The van der Waals surface area contributed by atoms with Crippen LogP contribution in [0.25, 0.3) is 0 Å². The second kappa shape index (κ2) is 11.8. The van der Waals surface area contributed by atoms with Gasteiger partial charge in [-0.1, -0.05) is 31.6 Å². The van der Waals surface area contributed by atoms with Gasteiger partial charge in [-0.05, 0) is 45.7 Å². The summed E-state index contributed by atoms with van der Waals surface area (Å²) in [4.78, 5) is 31.8. The first-order valence-corrected chi connectivity index (χ1v) is 14.2. The topological polar surface area (TPSA) is 91.7 Å². The molecule has 2 N–H and O–H groups in total. The summed E-state index contributed by atoms with van der Waals surface area (Å²) in [6.07, 6.45) is 3.22. The van der Waals surface area contributed by atoms with Crippen LogP contribution in [0.15, 0.2) is 41.6 Å². The smallest absolute Gasteiger partial charge is 0.272 e. The zero-order valence-electron chi connectivity index (χ0n) is 24.0. The average Bonchev–Trinajstić information content (AvgIpc) is 3.44. The third kappa shape index (κ3) is 6.15. The normalized spacial score (nSPS) is 24.2. The summed E-state index contributed by atoms with van der Waals surface area (Å²) in [6.45, 7) is 12.5. The molecule has 2 unspecified atom stereocenters. The van der Waals surface area contributed by atoms with E-state index in [1.54, 1.807) is 28.9 Å². The van der Waals surface area contributed by atoms with Gasteiger partial charge in [0.05, 0.1) is 12.1 Å². The monoisotopic (exact) mass is 560 g/mol. The molecule has 0 radical (unpaired) electrons. The number of carbonyl (C=O) groups excluding carboxylic acids is 2. The summed E-state index contributed by atoms with van der Waals surface area (Å²) in [7, 11) is 0. The van der Waals surface area contributed by atoms with E-state index in [-0.39, 0.29) is 41.4 Å². The number of benzene rings is 1. The molecular formula is C29H42F2N6O3. The van der Waals surface area contributed by atoms with Crippen molar-refractivity contribution >= 4 is 23.2 Å². The molecule has 1 saturated carbocycles. The highest BCUT2D eigenvalue weighted by Crippen LogP contribution is 2.32. The molecule has 40 heavy (non-hydrogen) atoms. The van der Waals surface area contributed by atoms with E-state index < -0.39 is 17.7 Å². The first-order chi connectivity index (χ1) is 18.8. The van der Waals surface area contributed by atoms with Crippen LogP contribution < -0.4 is 10.2 Å².